The summed E-state index contributed by atoms with van der Waals surface area (Å²) in [5, 5.41) is 0.769. The van der Waals surface area contributed by atoms with Crippen molar-refractivity contribution in [3.05, 3.63) is 70.2 Å². The summed E-state index contributed by atoms with van der Waals surface area (Å²) in [6, 6.07) is 14.6. The van der Waals surface area contributed by atoms with Gasteiger partial charge in [-0.25, -0.2) is 4.79 Å². The Bertz CT molecular complexity index is 954. The monoisotopic (exact) mass is 471 g/mol. The number of carbonyl (C=O) groups is 1. The van der Waals surface area contributed by atoms with E-state index in [1.165, 1.54) is 7.11 Å². The molecule has 2 aromatic carbocycles. The second kappa shape index (κ2) is 11.2. The minimum atomic E-state index is -2.03. The summed E-state index contributed by atoms with van der Waals surface area (Å²) in [4.78, 5) is 11.5. The van der Waals surface area contributed by atoms with Gasteiger partial charge in [0.2, 0.25) is 0 Å². The Balaban J connectivity index is 2.10. The van der Waals surface area contributed by atoms with Crippen LogP contribution in [-0.4, -0.2) is 27.4 Å². The van der Waals surface area contributed by atoms with E-state index in [0.717, 1.165) is 11.1 Å². The van der Waals surface area contributed by atoms with Crippen LogP contribution < -0.4 is 5.73 Å². The van der Waals surface area contributed by atoms with Gasteiger partial charge in [0, 0.05) is 23.0 Å². The molecular formula is C26H34ClNO3Si. The molecule has 2 N–H and O–H groups in total. The highest BCUT2D eigenvalue weighted by Gasteiger charge is 2.40. The Kier molecular flexibility index (Phi) is 9.12. The van der Waals surface area contributed by atoms with E-state index < -0.39 is 8.32 Å². The van der Waals surface area contributed by atoms with Crippen LogP contribution >= 0.6 is 11.6 Å². The lowest BCUT2D eigenvalue weighted by Gasteiger charge is -2.41. The van der Waals surface area contributed by atoms with Crippen LogP contribution in [0.4, 0.5) is 0 Å². The molecule has 6 heteroatoms. The van der Waals surface area contributed by atoms with Crippen LogP contribution in [0.1, 0.15) is 61.2 Å². The first-order valence-electron chi connectivity index (χ1n) is 10.8. The first-order valence-corrected chi connectivity index (χ1v) is 14.1. The second-order valence-corrected chi connectivity index (χ2v) is 14.6. The Hall–Kier alpha value is -2.10. The van der Waals surface area contributed by atoms with Crippen LogP contribution in [0.3, 0.4) is 0 Å². The predicted octanol–water partition coefficient (Wildman–Crippen LogP) is 6.35. The van der Waals surface area contributed by atoms with E-state index in [0.29, 0.717) is 23.4 Å². The van der Waals surface area contributed by atoms with Crippen molar-refractivity contribution < 1.29 is 14.0 Å². The Morgan fingerprint density at radius 2 is 1.69 bits per heavy atom. The van der Waals surface area contributed by atoms with Crippen molar-refractivity contribution >= 4 is 25.9 Å². The van der Waals surface area contributed by atoms with Gasteiger partial charge in [-0.3, -0.25) is 0 Å². The summed E-state index contributed by atoms with van der Waals surface area (Å²) in [6.07, 6.45) is 1.13. The van der Waals surface area contributed by atoms with Crippen LogP contribution in [0.2, 0.25) is 23.2 Å². The number of rotatable bonds is 7. The van der Waals surface area contributed by atoms with Crippen molar-refractivity contribution in [1.29, 1.82) is 0 Å². The normalized spacial score (nSPS) is 13.6. The lowest BCUT2D eigenvalue weighted by atomic mass is 9.99. The molecule has 0 bridgehead atoms. The van der Waals surface area contributed by atoms with Crippen LogP contribution in [-0.2, 0) is 9.16 Å². The average molecular weight is 472 g/mol. The van der Waals surface area contributed by atoms with E-state index in [4.69, 9.17) is 26.5 Å². The summed E-state index contributed by atoms with van der Waals surface area (Å²) in [5.74, 6) is 5.97. The molecule has 32 heavy (non-hydrogen) atoms. The largest absolute Gasteiger partial charge is 0.465 e. The van der Waals surface area contributed by atoms with E-state index >= 15 is 0 Å². The Labute approximate surface area is 198 Å². The van der Waals surface area contributed by atoms with Crippen molar-refractivity contribution in [1.82, 2.24) is 0 Å². The van der Waals surface area contributed by atoms with Gasteiger partial charge in [-0.05, 0) is 66.5 Å². The summed E-state index contributed by atoms with van der Waals surface area (Å²) in [7, 11) is -0.666. The van der Waals surface area contributed by atoms with Crippen molar-refractivity contribution in [3.8, 4) is 11.8 Å². The summed E-state index contributed by atoms with van der Waals surface area (Å²) in [5.41, 5.74) is 9.02. The number of nitrogens with two attached hydrogens (primary N) is 1. The number of hydrogen-bond acceptors (Lipinski definition) is 4. The number of hydrogen-bond donors (Lipinski definition) is 1. The standard InChI is InChI=1S/C26H34ClNO3Si/c1-26(2,3)32(5,6)31-24(20-15-17-22(27)18-16-20)23(28)10-8-7-9-19-11-13-21(14-12-19)25(29)30-4/h11-18,23-24H,8,10,28H2,1-6H3/t23-,24-/m1/s1. The number of ether oxygens (including phenoxy) is 1. The summed E-state index contributed by atoms with van der Waals surface area (Å²) in [6.45, 7) is 11.1. The molecule has 0 aliphatic heterocycles. The maximum absolute atomic E-state index is 11.5. The van der Waals surface area contributed by atoms with Gasteiger partial charge in [-0.1, -0.05) is 56.3 Å². The number of benzene rings is 2. The van der Waals surface area contributed by atoms with Gasteiger partial charge in [-0.15, -0.1) is 0 Å². The number of halogens is 1. The molecule has 2 rings (SSSR count). The molecule has 172 valence electrons. The summed E-state index contributed by atoms with van der Waals surface area (Å²) < 4.78 is 11.4. The number of carbonyl (C=O) groups excluding carboxylic acids is 1. The lowest BCUT2D eigenvalue weighted by Crippen LogP contribution is -2.45. The Morgan fingerprint density at radius 1 is 1.09 bits per heavy atom. The third-order valence-electron chi connectivity index (χ3n) is 5.96. The highest BCUT2D eigenvalue weighted by Crippen LogP contribution is 2.40. The minimum absolute atomic E-state index is 0.0769. The minimum Gasteiger partial charge on any atom is -0.465 e. The van der Waals surface area contributed by atoms with Crippen molar-refractivity contribution in [2.24, 2.45) is 5.73 Å². The van der Waals surface area contributed by atoms with Gasteiger partial charge in [0.05, 0.1) is 18.8 Å². The highest BCUT2D eigenvalue weighted by atomic mass is 35.5. The molecule has 0 amide bonds. The number of esters is 1. The molecular weight excluding hydrogens is 438 g/mol. The first kappa shape index (κ1) is 26.2. The molecule has 0 spiro atoms. The van der Waals surface area contributed by atoms with E-state index in [2.05, 4.69) is 45.7 Å². The third kappa shape index (κ3) is 7.21. The number of methoxy groups -OCH3 is 1. The topological polar surface area (TPSA) is 61.5 Å². The van der Waals surface area contributed by atoms with Gasteiger partial charge < -0.3 is 14.9 Å². The summed E-state index contributed by atoms with van der Waals surface area (Å²) >= 11 is 6.09. The van der Waals surface area contributed by atoms with Crippen molar-refractivity contribution in [2.45, 2.75) is 63.9 Å². The maximum atomic E-state index is 11.5. The predicted molar refractivity (Wildman–Crippen MR) is 134 cm³/mol. The molecule has 0 saturated heterocycles. The fourth-order valence-electron chi connectivity index (χ4n) is 2.91. The molecule has 0 aliphatic rings. The zero-order valence-corrected chi connectivity index (χ0v) is 21.6. The van der Waals surface area contributed by atoms with Crippen LogP contribution in [0.25, 0.3) is 0 Å². The van der Waals surface area contributed by atoms with Crippen LogP contribution in [0, 0.1) is 11.8 Å². The van der Waals surface area contributed by atoms with Crippen LogP contribution in [0.5, 0.6) is 0 Å². The van der Waals surface area contributed by atoms with Gasteiger partial charge in [0.25, 0.3) is 0 Å². The van der Waals surface area contributed by atoms with E-state index in [1.807, 2.05) is 36.4 Å². The molecule has 4 nitrogen and oxygen atoms in total. The zero-order chi connectivity index (χ0) is 23.9. The van der Waals surface area contributed by atoms with Gasteiger partial charge in [0.1, 0.15) is 0 Å². The molecule has 0 unspecified atom stereocenters. The fraction of sp³-hybridized carbons (Fsp3) is 0.423. The Morgan fingerprint density at radius 3 is 2.22 bits per heavy atom. The lowest BCUT2D eigenvalue weighted by molar-refractivity contribution is 0.0600. The molecule has 2 aromatic rings. The maximum Gasteiger partial charge on any atom is 0.337 e. The van der Waals surface area contributed by atoms with E-state index in [9.17, 15) is 4.79 Å². The SMILES string of the molecule is COC(=O)c1ccc(C#CCC[C@@H](N)[C@H](O[Si](C)(C)C(C)(C)C)c2ccc(Cl)cc2)cc1. The highest BCUT2D eigenvalue weighted by molar-refractivity contribution is 6.74. The molecule has 0 saturated carbocycles. The molecule has 0 aromatic heterocycles. The second-order valence-electron chi connectivity index (χ2n) is 9.42. The fourth-order valence-corrected chi connectivity index (χ4v) is 4.34. The van der Waals surface area contributed by atoms with E-state index in [1.54, 1.807) is 12.1 Å². The molecule has 0 aliphatic carbocycles. The quantitative estimate of drug-likeness (QED) is 0.290. The van der Waals surface area contributed by atoms with Crippen molar-refractivity contribution in [3.63, 3.8) is 0 Å². The van der Waals surface area contributed by atoms with Crippen LogP contribution in [0.15, 0.2) is 48.5 Å². The van der Waals surface area contributed by atoms with Gasteiger partial charge in [-0.2, -0.15) is 0 Å². The average Bonchev–Trinajstić information content (AvgIpc) is 2.74. The van der Waals surface area contributed by atoms with E-state index in [-0.39, 0.29) is 23.2 Å². The molecule has 0 heterocycles. The molecule has 0 radical (unpaired) electrons. The van der Waals surface area contributed by atoms with Gasteiger partial charge >= 0.3 is 5.97 Å². The molecule has 0 fully saturated rings. The van der Waals surface area contributed by atoms with Crippen molar-refractivity contribution in [2.75, 3.05) is 7.11 Å². The molecule has 2 atom stereocenters. The van der Waals surface area contributed by atoms with Gasteiger partial charge in [0.15, 0.2) is 8.32 Å². The zero-order valence-electron chi connectivity index (χ0n) is 19.9. The first-order chi connectivity index (χ1) is 14.9. The third-order valence-corrected chi connectivity index (χ3v) is 10.7. The smallest absolute Gasteiger partial charge is 0.337 e.